The van der Waals surface area contributed by atoms with Crippen LogP contribution in [0.25, 0.3) is 11.0 Å². The van der Waals surface area contributed by atoms with Crippen LogP contribution in [0, 0.1) is 13.8 Å². The molecule has 0 aliphatic carbocycles. The third-order valence-electron chi connectivity index (χ3n) is 2.48. The summed E-state index contributed by atoms with van der Waals surface area (Å²) in [5, 5.41) is 8.94. The van der Waals surface area contributed by atoms with E-state index >= 15 is 0 Å². The van der Waals surface area contributed by atoms with Gasteiger partial charge in [-0.25, -0.2) is 0 Å². The van der Waals surface area contributed by atoms with Crippen molar-refractivity contribution in [3.05, 3.63) is 29.6 Å². The molecule has 1 N–H and O–H groups in total. The van der Waals surface area contributed by atoms with Crippen LogP contribution in [-0.4, -0.2) is 21.3 Å². The van der Waals surface area contributed by atoms with Crippen molar-refractivity contribution in [2.75, 3.05) is 6.61 Å². The van der Waals surface area contributed by atoms with Gasteiger partial charge in [-0.3, -0.25) is 4.98 Å². The average Bonchev–Trinajstić information content (AvgIpc) is 2.46. The Labute approximate surface area is 83.0 Å². The van der Waals surface area contributed by atoms with Gasteiger partial charge in [0.15, 0.2) is 0 Å². The molecular formula is C11H14N2O. The highest BCUT2D eigenvalue weighted by Crippen LogP contribution is 2.21. The van der Waals surface area contributed by atoms with Gasteiger partial charge in [0, 0.05) is 18.9 Å². The summed E-state index contributed by atoms with van der Waals surface area (Å²) >= 11 is 0. The molecule has 0 aliphatic rings. The Balaban J connectivity index is 2.72. The van der Waals surface area contributed by atoms with E-state index < -0.39 is 0 Å². The number of pyridine rings is 1. The van der Waals surface area contributed by atoms with Gasteiger partial charge >= 0.3 is 0 Å². The van der Waals surface area contributed by atoms with Gasteiger partial charge in [-0.1, -0.05) is 0 Å². The lowest BCUT2D eigenvalue weighted by molar-refractivity contribution is 0.278. The van der Waals surface area contributed by atoms with Gasteiger partial charge in [0.1, 0.15) is 0 Å². The molecule has 3 nitrogen and oxygen atoms in total. The van der Waals surface area contributed by atoms with Gasteiger partial charge in [-0.15, -0.1) is 0 Å². The zero-order valence-electron chi connectivity index (χ0n) is 8.49. The van der Waals surface area contributed by atoms with E-state index in [4.69, 9.17) is 5.11 Å². The number of hydrogen-bond acceptors (Lipinski definition) is 2. The molecule has 0 aliphatic heterocycles. The molecule has 2 rings (SSSR count). The lowest BCUT2D eigenvalue weighted by atomic mass is 10.2. The normalized spacial score (nSPS) is 11.1. The Kier molecular flexibility index (Phi) is 2.25. The molecule has 0 saturated carbocycles. The van der Waals surface area contributed by atoms with Crippen molar-refractivity contribution < 1.29 is 5.11 Å². The molecule has 14 heavy (non-hydrogen) atoms. The van der Waals surface area contributed by atoms with Crippen molar-refractivity contribution in [1.29, 1.82) is 0 Å². The van der Waals surface area contributed by atoms with Crippen LogP contribution >= 0.6 is 0 Å². The van der Waals surface area contributed by atoms with E-state index in [9.17, 15) is 0 Å². The fraction of sp³-hybridized carbons (Fsp3) is 0.364. The molecule has 0 spiro atoms. The van der Waals surface area contributed by atoms with E-state index in [1.807, 2.05) is 25.4 Å². The molecule has 0 atom stereocenters. The summed E-state index contributed by atoms with van der Waals surface area (Å²) < 4.78 is 2.06. The Hall–Kier alpha value is -1.35. The second-order valence-corrected chi connectivity index (χ2v) is 3.55. The van der Waals surface area contributed by atoms with E-state index in [0.29, 0.717) is 6.54 Å². The fourth-order valence-electron chi connectivity index (χ4n) is 1.85. The van der Waals surface area contributed by atoms with E-state index in [0.717, 1.165) is 16.6 Å². The molecule has 0 fully saturated rings. The van der Waals surface area contributed by atoms with E-state index in [2.05, 4.69) is 16.5 Å². The Morgan fingerprint density at radius 2 is 2.14 bits per heavy atom. The minimum Gasteiger partial charge on any atom is -0.395 e. The molecule has 0 unspecified atom stereocenters. The third kappa shape index (κ3) is 1.30. The van der Waals surface area contributed by atoms with Crippen molar-refractivity contribution in [3.63, 3.8) is 0 Å². The number of aromatic nitrogens is 2. The van der Waals surface area contributed by atoms with Crippen LogP contribution in [0.4, 0.5) is 0 Å². The Morgan fingerprint density at radius 3 is 2.86 bits per heavy atom. The Bertz CT molecular complexity index is 460. The van der Waals surface area contributed by atoms with Crippen molar-refractivity contribution in [1.82, 2.24) is 9.55 Å². The molecule has 2 aromatic heterocycles. The molecule has 3 heteroatoms. The van der Waals surface area contributed by atoms with Crippen LogP contribution in [-0.2, 0) is 6.54 Å². The third-order valence-corrected chi connectivity index (χ3v) is 2.48. The first kappa shape index (κ1) is 9.21. The number of aryl methyl sites for hydroxylation is 2. The molecular weight excluding hydrogens is 176 g/mol. The summed E-state index contributed by atoms with van der Waals surface area (Å²) in [4.78, 5) is 4.34. The number of hydrogen-bond donors (Lipinski definition) is 1. The molecule has 74 valence electrons. The summed E-state index contributed by atoms with van der Waals surface area (Å²) in [6, 6.07) is 2.00. The van der Waals surface area contributed by atoms with Crippen LogP contribution in [0.3, 0.4) is 0 Å². The molecule has 2 heterocycles. The fourth-order valence-corrected chi connectivity index (χ4v) is 1.85. The molecule has 0 saturated heterocycles. The summed E-state index contributed by atoms with van der Waals surface area (Å²) in [6.45, 7) is 4.91. The summed E-state index contributed by atoms with van der Waals surface area (Å²) in [5.41, 5.74) is 4.55. The first-order chi connectivity index (χ1) is 6.74. The molecule has 2 aromatic rings. The lowest BCUT2D eigenvalue weighted by Gasteiger charge is -2.03. The first-order valence-corrected chi connectivity index (χ1v) is 4.76. The van der Waals surface area contributed by atoms with Crippen LogP contribution in [0.2, 0.25) is 0 Å². The predicted molar refractivity (Wildman–Crippen MR) is 56.3 cm³/mol. The second-order valence-electron chi connectivity index (χ2n) is 3.55. The lowest BCUT2D eigenvalue weighted by Crippen LogP contribution is -2.01. The van der Waals surface area contributed by atoms with Crippen LogP contribution < -0.4 is 0 Å². The zero-order valence-corrected chi connectivity index (χ0v) is 8.49. The minimum atomic E-state index is 0.164. The van der Waals surface area contributed by atoms with Gasteiger partial charge in [0.25, 0.3) is 0 Å². The van der Waals surface area contributed by atoms with Gasteiger partial charge in [0.05, 0.1) is 17.6 Å². The number of aliphatic hydroxyl groups excluding tert-OH is 1. The molecule has 0 amide bonds. The van der Waals surface area contributed by atoms with Crippen molar-refractivity contribution >= 4 is 11.0 Å². The molecule has 0 radical (unpaired) electrons. The van der Waals surface area contributed by atoms with Crippen LogP contribution in [0.15, 0.2) is 18.5 Å². The quantitative estimate of drug-likeness (QED) is 0.781. The summed E-state index contributed by atoms with van der Waals surface area (Å²) in [6.07, 6.45) is 3.87. The second kappa shape index (κ2) is 3.42. The smallest absolute Gasteiger partial charge is 0.0912 e. The zero-order chi connectivity index (χ0) is 10.1. The van der Waals surface area contributed by atoms with Crippen LogP contribution in [0.1, 0.15) is 11.1 Å². The van der Waals surface area contributed by atoms with Gasteiger partial charge in [-0.05, 0) is 31.0 Å². The van der Waals surface area contributed by atoms with Gasteiger partial charge in [-0.2, -0.15) is 0 Å². The predicted octanol–water partition coefficient (Wildman–Crippen LogP) is 1.65. The first-order valence-electron chi connectivity index (χ1n) is 4.76. The highest BCUT2D eigenvalue weighted by atomic mass is 16.3. The van der Waals surface area contributed by atoms with Gasteiger partial charge in [0.2, 0.25) is 0 Å². The molecule has 0 bridgehead atoms. The van der Waals surface area contributed by atoms with Crippen molar-refractivity contribution in [3.8, 4) is 0 Å². The summed E-state index contributed by atoms with van der Waals surface area (Å²) in [7, 11) is 0. The highest BCUT2D eigenvalue weighted by molar-refractivity contribution is 5.82. The number of nitrogens with zero attached hydrogens (tertiary/aromatic N) is 2. The maximum absolute atomic E-state index is 8.94. The maximum Gasteiger partial charge on any atom is 0.0912 e. The van der Waals surface area contributed by atoms with Crippen LogP contribution in [0.5, 0.6) is 0 Å². The van der Waals surface area contributed by atoms with Crippen molar-refractivity contribution in [2.24, 2.45) is 0 Å². The highest BCUT2D eigenvalue weighted by Gasteiger charge is 2.07. The number of rotatable bonds is 2. The average molecular weight is 190 g/mol. The van der Waals surface area contributed by atoms with E-state index in [-0.39, 0.29) is 6.61 Å². The van der Waals surface area contributed by atoms with Crippen molar-refractivity contribution in [2.45, 2.75) is 20.4 Å². The summed E-state index contributed by atoms with van der Waals surface area (Å²) in [5.74, 6) is 0. The monoisotopic (exact) mass is 190 g/mol. The maximum atomic E-state index is 8.94. The van der Waals surface area contributed by atoms with Gasteiger partial charge < -0.3 is 9.67 Å². The number of fused-ring (bicyclic) bond motifs is 1. The number of aliphatic hydroxyl groups is 1. The Morgan fingerprint density at radius 1 is 1.36 bits per heavy atom. The van der Waals surface area contributed by atoms with E-state index in [1.54, 1.807) is 0 Å². The SMILES string of the molecule is Cc1cn(CCO)c2c(C)ccnc12. The topological polar surface area (TPSA) is 38.0 Å². The standard InChI is InChI=1S/C11H14N2O/c1-8-3-4-12-10-9(2)7-13(5-6-14)11(8)10/h3-4,7,14H,5-6H2,1-2H3. The molecule has 0 aromatic carbocycles. The largest absolute Gasteiger partial charge is 0.395 e. The minimum absolute atomic E-state index is 0.164. The van der Waals surface area contributed by atoms with E-state index in [1.165, 1.54) is 5.56 Å².